The zero-order valence-corrected chi connectivity index (χ0v) is 19.3. The lowest BCUT2D eigenvalue weighted by molar-refractivity contribution is 0.0501. The van der Waals surface area contributed by atoms with E-state index in [9.17, 15) is 5.11 Å². The minimum Gasteiger partial charge on any atom is -0.486 e. The number of likely N-dealkylation sites (tertiary alicyclic amines) is 1. The summed E-state index contributed by atoms with van der Waals surface area (Å²) in [7, 11) is 0. The number of nitrogens with two attached hydrogens (primary N) is 1. The molecule has 0 spiro atoms. The number of ether oxygens (including phenoxy) is 1. The Bertz CT molecular complexity index is 1270. The molecule has 4 heterocycles. The van der Waals surface area contributed by atoms with E-state index in [2.05, 4.69) is 25.3 Å². The molecule has 3 aromatic heterocycles. The van der Waals surface area contributed by atoms with Gasteiger partial charge in [0.05, 0.1) is 16.8 Å². The molecule has 0 saturated carbocycles. The molecule has 2 unspecified atom stereocenters. The van der Waals surface area contributed by atoms with Gasteiger partial charge >= 0.3 is 0 Å². The number of fused-ring (bicyclic) bond motifs is 1. The molecule has 1 aromatic carbocycles. The third kappa shape index (κ3) is 4.97. The first-order valence-corrected chi connectivity index (χ1v) is 11.5. The minimum atomic E-state index is -0.517. The first-order chi connectivity index (χ1) is 16.6. The van der Waals surface area contributed by atoms with Crippen LogP contribution in [0.15, 0.2) is 61.2 Å². The molecule has 1 fully saturated rings. The maximum Gasteiger partial charge on any atom is 0.158 e. The average Bonchev–Trinajstić information content (AvgIpc) is 3.25. The summed E-state index contributed by atoms with van der Waals surface area (Å²) in [5, 5.41) is 18.3. The number of rotatable bonds is 7. The largest absolute Gasteiger partial charge is 0.486 e. The van der Waals surface area contributed by atoms with Crippen LogP contribution in [0.25, 0.3) is 5.52 Å². The van der Waals surface area contributed by atoms with Gasteiger partial charge in [-0.05, 0) is 48.4 Å². The number of nitrogens with zero attached hydrogens (tertiary/aromatic N) is 5. The van der Waals surface area contributed by atoms with Crippen LogP contribution in [0, 0.1) is 0 Å². The van der Waals surface area contributed by atoms with E-state index in [-0.39, 0.29) is 6.04 Å². The highest BCUT2D eigenvalue weighted by Gasteiger charge is 2.25. The molecular weight excluding hydrogens is 454 g/mol. The van der Waals surface area contributed by atoms with Gasteiger partial charge < -0.3 is 20.9 Å². The predicted molar refractivity (Wildman–Crippen MR) is 130 cm³/mol. The first kappa shape index (κ1) is 22.5. The van der Waals surface area contributed by atoms with Crippen LogP contribution in [0.5, 0.6) is 5.75 Å². The number of halogens is 1. The summed E-state index contributed by atoms with van der Waals surface area (Å²) in [6.07, 6.45) is 5.40. The molecule has 4 N–H and O–H groups in total. The fourth-order valence-corrected chi connectivity index (χ4v) is 4.34. The van der Waals surface area contributed by atoms with Crippen molar-refractivity contribution in [3.63, 3.8) is 0 Å². The van der Waals surface area contributed by atoms with Crippen LogP contribution in [-0.2, 0) is 13.2 Å². The second-order valence-corrected chi connectivity index (χ2v) is 8.78. The average molecular weight is 480 g/mol. The Kier molecular flexibility index (Phi) is 6.59. The number of hydrogen-bond acceptors (Lipinski definition) is 8. The molecule has 5 rings (SSSR count). The smallest absolute Gasteiger partial charge is 0.158 e. The minimum absolute atomic E-state index is 0.164. The summed E-state index contributed by atoms with van der Waals surface area (Å²) in [6, 6.07) is 13.1. The Morgan fingerprint density at radius 1 is 1.21 bits per heavy atom. The van der Waals surface area contributed by atoms with Gasteiger partial charge in [-0.1, -0.05) is 17.7 Å². The van der Waals surface area contributed by atoms with Gasteiger partial charge in [0.1, 0.15) is 24.2 Å². The fourth-order valence-electron chi connectivity index (χ4n) is 4.10. The summed E-state index contributed by atoms with van der Waals surface area (Å²) >= 11 is 6.48. The third-order valence-corrected chi connectivity index (χ3v) is 6.24. The number of hydrogen-bond donors (Lipinski definition) is 3. The van der Waals surface area contributed by atoms with Crippen molar-refractivity contribution < 1.29 is 9.84 Å². The van der Waals surface area contributed by atoms with E-state index in [1.165, 1.54) is 6.33 Å². The first-order valence-electron chi connectivity index (χ1n) is 11.1. The number of anilines is 2. The Morgan fingerprint density at radius 2 is 2.12 bits per heavy atom. The highest BCUT2D eigenvalue weighted by atomic mass is 35.5. The predicted octanol–water partition coefficient (Wildman–Crippen LogP) is 2.99. The van der Waals surface area contributed by atoms with Crippen molar-refractivity contribution in [1.82, 2.24) is 24.5 Å². The number of benzene rings is 1. The Labute approximate surface area is 202 Å². The summed E-state index contributed by atoms with van der Waals surface area (Å²) in [6.45, 7) is 2.39. The lowest BCUT2D eigenvalue weighted by Crippen LogP contribution is -2.50. The van der Waals surface area contributed by atoms with Crippen LogP contribution in [-0.4, -0.2) is 54.8 Å². The zero-order chi connectivity index (χ0) is 23.5. The maximum atomic E-state index is 10.2. The van der Waals surface area contributed by atoms with Gasteiger partial charge in [-0.3, -0.25) is 9.88 Å². The molecule has 0 amide bonds. The SMILES string of the molecule is NC1CCN(Cc2ccn3ncnc(Nc4ccc(OCc5ccccn5)c(Cl)c4)c23)CC1O. The molecule has 0 bridgehead atoms. The van der Waals surface area contributed by atoms with Crippen molar-refractivity contribution in [2.24, 2.45) is 5.73 Å². The van der Waals surface area contributed by atoms with Crippen LogP contribution in [0.4, 0.5) is 11.5 Å². The monoisotopic (exact) mass is 479 g/mol. The number of aliphatic hydroxyl groups excluding tert-OH is 1. The third-order valence-electron chi connectivity index (χ3n) is 5.95. The topological polar surface area (TPSA) is 114 Å². The van der Waals surface area contributed by atoms with Gasteiger partial charge in [-0.2, -0.15) is 5.10 Å². The molecule has 0 radical (unpaired) electrons. The molecule has 176 valence electrons. The van der Waals surface area contributed by atoms with Crippen LogP contribution >= 0.6 is 11.6 Å². The highest BCUT2D eigenvalue weighted by molar-refractivity contribution is 6.32. The number of nitrogens with one attached hydrogen (secondary N) is 1. The van der Waals surface area contributed by atoms with Crippen LogP contribution in [0.3, 0.4) is 0 Å². The van der Waals surface area contributed by atoms with Crippen molar-refractivity contribution in [3.05, 3.63) is 77.5 Å². The van der Waals surface area contributed by atoms with Crippen molar-refractivity contribution in [1.29, 1.82) is 0 Å². The molecule has 34 heavy (non-hydrogen) atoms. The van der Waals surface area contributed by atoms with Gasteiger partial charge in [0.2, 0.25) is 0 Å². The van der Waals surface area contributed by atoms with Crippen LogP contribution in [0.2, 0.25) is 5.02 Å². The quantitative estimate of drug-likeness (QED) is 0.370. The molecule has 0 aliphatic carbocycles. The second kappa shape index (κ2) is 9.94. The normalized spacial score (nSPS) is 18.8. The lowest BCUT2D eigenvalue weighted by Gasteiger charge is -2.33. The fraction of sp³-hybridized carbons (Fsp3) is 0.292. The molecule has 1 aliphatic heterocycles. The van der Waals surface area contributed by atoms with Crippen molar-refractivity contribution in [2.45, 2.75) is 31.7 Å². The number of pyridine rings is 1. The molecule has 1 aliphatic rings. The molecule has 1 saturated heterocycles. The molecule has 10 heteroatoms. The highest BCUT2D eigenvalue weighted by Crippen LogP contribution is 2.31. The summed E-state index contributed by atoms with van der Waals surface area (Å²) in [4.78, 5) is 10.9. The van der Waals surface area contributed by atoms with E-state index in [1.54, 1.807) is 16.8 Å². The number of β-amino-alcohol motifs (C(OH)–C–C–N with tert-alkyl or cyclic N) is 1. The maximum absolute atomic E-state index is 10.2. The Hall–Kier alpha value is -3.24. The van der Waals surface area contributed by atoms with Crippen molar-refractivity contribution in [3.8, 4) is 5.75 Å². The molecule has 4 aromatic rings. The van der Waals surface area contributed by atoms with E-state index >= 15 is 0 Å². The van der Waals surface area contributed by atoms with Crippen molar-refractivity contribution >= 4 is 28.6 Å². The Morgan fingerprint density at radius 3 is 2.91 bits per heavy atom. The van der Waals surface area contributed by atoms with E-state index in [0.29, 0.717) is 36.3 Å². The van der Waals surface area contributed by atoms with Crippen LogP contribution in [0.1, 0.15) is 17.7 Å². The van der Waals surface area contributed by atoms with Gasteiger partial charge in [0.25, 0.3) is 0 Å². The molecule has 2 atom stereocenters. The molecule has 9 nitrogen and oxygen atoms in total. The van der Waals surface area contributed by atoms with Gasteiger partial charge in [-0.15, -0.1) is 0 Å². The van der Waals surface area contributed by atoms with Crippen molar-refractivity contribution in [2.75, 3.05) is 18.4 Å². The standard InChI is InChI=1S/C24H26ClN7O2/c25-19-11-17(4-5-22(19)34-14-18-3-1-2-8-27-18)30-24-23-16(6-10-32(23)29-15-28-24)12-31-9-7-20(26)21(33)13-31/h1-6,8,10-11,15,20-21,33H,7,9,12-14,26H2,(H,28,29,30). The van der Waals surface area contributed by atoms with Gasteiger partial charge in [-0.25, -0.2) is 9.50 Å². The van der Waals surface area contributed by atoms with Gasteiger partial charge in [0.15, 0.2) is 5.82 Å². The lowest BCUT2D eigenvalue weighted by atomic mass is 10.0. The summed E-state index contributed by atoms with van der Waals surface area (Å²) < 4.78 is 7.61. The van der Waals surface area contributed by atoms with Crippen LogP contribution < -0.4 is 15.8 Å². The Balaban J connectivity index is 1.32. The summed E-state index contributed by atoms with van der Waals surface area (Å²) in [5.74, 6) is 1.25. The summed E-state index contributed by atoms with van der Waals surface area (Å²) in [5.41, 5.74) is 9.49. The zero-order valence-electron chi connectivity index (χ0n) is 18.5. The van der Waals surface area contributed by atoms with E-state index in [0.717, 1.165) is 35.4 Å². The van der Waals surface area contributed by atoms with E-state index in [1.807, 2.05) is 42.6 Å². The van der Waals surface area contributed by atoms with Gasteiger partial charge in [0, 0.05) is 43.8 Å². The number of aliphatic hydroxyl groups is 1. The second-order valence-electron chi connectivity index (χ2n) is 8.38. The number of aromatic nitrogens is 4. The number of piperidine rings is 1. The van der Waals surface area contributed by atoms with E-state index in [4.69, 9.17) is 22.1 Å². The van der Waals surface area contributed by atoms with E-state index < -0.39 is 6.10 Å². The molecular formula is C24H26ClN7O2.